The highest BCUT2D eigenvalue weighted by molar-refractivity contribution is 5.46. The molecule has 0 saturated carbocycles. The average molecular weight is 268 g/mol. The molecule has 0 heterocycles. The van der Waals surface area contributed by atoms with Crippen LogP contribution in [0.5, 0.6) is 0 Å². The van der Waals surface area contributed by atoms with Gasteiger partial charge in [-0.3, -0.25) is 0 Å². The number of nitrogens with one attached hydrogen (secondary N) is 1. The molecule has 2 aromatic rings. The van der Waals surface area contributed by atoms with Crippen LogP contribution >= 0.6 is 0 Å². The molecule has 0 radical (unpaired) electrons. The number of benzene rings is 2. The largest absolute Gasteiger partial charge is 0.378 e. The first kappa shape index (κ1) is 14.6. The minimum atomic E-state index is 0.904. The van der Waals surface area contributed by atoms with Crippen molar-refractivity contribution < 1.29 is 0 Å². The molecule has 2 rings (SSSR count). The zero-order valence-corrected chi connectivity index (χ0v) is 12.9. The maximum atomic E-state index is 3.53. The van der Waals surface area contributed by atoms with Gasteiger partial charge in [0, 0.05) is 32.9 Å². The molecule has 0 amide bonds. The van der Waals surface area contributed by atoms with E-state index in [0.29, 0.717) is 0 Å². The van der Waals surface area contributed by atoms with Crippen molar-refractivity contribution in [3.05, 3.63) is 64.7 Å². The molecule has 0 atom stereocenters. The molecule has 2 heteroatoms. The lowest BCUT2D eigenvalue weighted by molar-refractivity contribution is 0.688. The van der Waals surface area contributed by atoms with Crippen molar-refractivity contribution in [1.82, 2.24) is 5.32 Å². The van der Waals surface area contributed by atoms with Gasteiger partial charge < -0.3 is 10.2 Å². The van der Waals surface area contributed by atoms with E-state index in [-0.39, 0.29) is 0 Å². The highest BCUT2D eigenvalue weighted by atomic mass is 15.1. The van der Waals surface area contributed by atoms with Crippen LogP contribution in [0.15, 0.2) is 42.5 Å². The Morgan fingerprint density at radius 1 is 0.850 bits per heavy atom. The molecule has 1 N–H and O–H groups in total. The van der Waals surface area contributed by atoms with Crippen LogP contribution in [0.1, 0.15) is 22.3 Å². The molecule has 0 aromatic heterocycles. The first-order chi connectivity index (χ1) is 9.58. The van der Waals surface area contributed by atoms with Gasteiger partial charge in [0.25, 0.3) is 0 Å². The number of aryl methyl sites for hydroxylation is 2. The molecule has 0 aliphatic rings. The Kier molecular flexibility index (Phi) is 4.80. The van der Waals surface area contributed by atoms with Gasteiger partial charge in [-0.25, -0.2) is 0 Å². The standard InChI is InChI=1S/C18H24N2/c1-14-6-5-7-15(2)18(14)13-19-12-16-8-10-17(11-9-16)20(3)4/h5-11,19H,12-13H2,1-4H3. The summed E-state index contributed by atoms with van der Waals surface area (Å²) in [6.45, 7) is 6.18. The Morgan fingerprint density at radius 2 is 1.45 bits per heavy atom. The molecule has 2 aromatic carbocycles. The van der Waals surface area contributed by atoms with Crippen molar-refractivity contribution in [2.45, 2.75) is 26.9 Å². The summed E-state index contributed by atoms with van der Waals surface area (Å²) in [4.78, 5) is 2.12. The number of nitrogens with zero attached hydrogens (tertiary/aromatic N) is 1. The second kappa shape index (κ2) is 6.58. The number of rotatable bonds is 5. The molecule has 0 aliphatic heterocycles. The van der Waals surface area contributed by atoms with E-state index >= 15 is 0 Å². The lowest BCUT2D eigenvalue weighted by Crippen LogP contribution is -2.14. The number of anilines is 1. The minimum absolute atomic E-state index is 0.904. The highest BCUT2D eigenvalue weighted by Crippen LogP contribution is 2.14. The van der Waals surface area contributed by atoms with Crippen LogP contribution in [0, 0.1) is 13.8 Å². The summed E-state index contributed by atoms with van der Waals surface area (Å²) < 4.78 is 0. The van der Waals surface area contributed by atoms with Crippen LogP contribution in [-0.2, 0) is 13.1 Å². The Morgan fingerprint density at radius 3 is 2.00 bits per heavy atom. The minimum Gasteiger partial charge on any atom is -0.378 e. The monoisotopic (exact) mass is 268 g/mol. The Labute approximate surface area is 122 Å². The molecular formula is C18H24N2. The maximum absolute atomic E-state index is 3.53. The molecule has 0 unspecified atom stereocenters. The predicted octanol–water partition coefficient (Wildman–Crippen LogP) is 3.66. The topological polar surface area (TPSA) is 15.3 Å². The van der Waals surface area contributed by atoms with Crippen molar-refractivity contribution in [3.63, 3.8) is 0 Å². The third-order valence-corrected chi connectivity index (χ3v) is 3.73. The molecule has 2 nitrogen and oxygen atoms in total. The fourth-order valence-electron chi connectivity index (χ4n) is 2.37. The summed E-state index contributed by atoms with van der Waals surface area (Å²) in [6.07, 6.45) is 0. The van der Waals surface area contributed by atoms with Gasteiger partial charge in [-0.2, -0.15) is 0 Å². The molecule has 0 fully saturated rings. The van der Waals surface area contributed by atoms with E-state index in [1.807, 2.05) is 0 Å². The first-order valence-corrected chi connectivity index (χ1v) is 7.10. The average Bonchev–Trinajstić information content (AvgIpc) is 2.42. The third-order valence-electron chi connectivity index (χ3n) is 3.73. The molecule has 106 valence electrons. The van der Waals surface area contributed by atoms with Gasteiger partial charge in [-0.15, -0.1) is 0 Å². The second-order valence-corrected chi connectivity index (χ2v) is 5.53. The van der Waals surface area contributed by atoms with E-state index in [4.69, 9.17) is 0 Å². The molecule has 0 aliphatic carbocycles. The van der Waals surface area contributed by atoms with E-state index in [9.17, 15) is 0 Å². The van der Waals surface area contributed by atoms with E-state index < -0.39 is 0 Å². The van der Waals surface area contributed by atoms with Crippen LogP contribution in [0.25, 0.3) is 0 Å². The smallest absolute Gasteiger partial charge is 0.0361 e. The fraction of sp³-hybridized carbons (Fsp3) is 0.333. The highest BCUT2D eigenvalue weighted by Gasteiger charge is 2.02. The zero-order chi connectivity index (χ0) is 14.5. The molecule has 0 spiro atoms. The summed E-state index contributed by atoms with van der Waals surface area (Å²) >= 11 is 0. The summed E-state index contributed by atoms with van der Waals surface area (Å²) in [7, 11) is 4.13. The van der Waals surface area contributed by atoms with E-state index in [1.54, 1.807) is 0 Å². The van der Waals surface area contributed by atoms with E-state index in [1.165, 1.54) is 27.9 Å². The van der Waals surface area contributed by atoms with Gasteiger partial charge in [0.05, 0.1) is 0 Å². The summed E-state index contributed by atoms with van der Waals surface area (Å²) in [5, 5.41) is 3.53. The van der Waals surface area contributed by atoms with Gasteiger partial charge in [-0.1, -0.05) is 30.3 Å². The van der Waals surface area contributed by atoms with Crippen LogP contribution in [0.2, 0.25) is 0 Å². The van der Waals surface area contributed by atoms with Crippen LogP contribution < -0.4 is 10.2 Å². The van der Waals surface area contributed by atoms with E-state index in [0.717, 1.165) is 13.1 Å². The second-order valence-electron chi connectivity index (χ2n) is 5.53. The van der Waals surface area contributed by atoms with Crippen LogP contribution in [0.3, 0.4) is 0 Å². The van der Waals surface area contributed by atoms with Crippen molar-refractivity contribution >= 4 is 5.69 Å². The van der Waals surface area contributed by atoms with E-state index in [2.05, 4.69) is 80.6 Å². The lowest BCUT2D eigenvalue weighted by atomic mass is 10.0. The van der Waals surface area contributed by atoms with Gasteiger partial charge in [0.15, 0.2) is 0 Å². The van der Waals surface area contributed by atoms with Crippen molar-refractivity contribution in [2.24, 2.45) is 0 Å². The van der Waals surface area contributed by atoms with Crippen molar-refractivity contribution in [3.8, 4) is 0 Å². The summed E-state index contributed by atoms with van der Waals surface area (Å²) in [5.41, 5.74) is 6.70. The maximum Gasteiger partial charge on any atom is 0.0361 e. The van der Waals surface area contributed by atoms with Gasteiger partial charge in [-0.05, 0) is 48.2 Å². The zero-order valence-electron chi connectivity index (χ0n) is 12.9. The molecule has 0 saturated heterocycles. The van der Waals surface area contributed by atoms with Crippen LogP contribution in [0.4, 0.5) is 5.69 Å². The Bertz CT molecular complexity index is 536. The summed E-state index contributed by atoms with van der Waals surface area (Å²) in [6, 6.07) is 15.2. The van der Waals surface area contributed by atoms with Crippen molar-refractivity contribution in [2.75, 3.05) is 19.0 Å². The summed E-state index contributed by atoms with van der Waals surface area (Å²) in [5.74, 6) is 0. The molecule has 20 heavy (non-hydrogen) atoms. The quantitative estimate of drug-likeness (QED) is 0.890. The van der Waals surface area contributed by atoms with Crippen LogP contribution in [-0.4, -0.2) is 14.1 Å². The Balaban J connectivity index is 1.93. The predicted molar refractivity (Wildman–Crippen MR) is 87.2 cm³/mol. The molecular weight excluding hydrogens is 244 g/mol. The SMILES string of the molecule is Cc1cccc(C)c1CNCc1ccc(N(C)C)cc1. The normalized spacial score (nSPS) is 10.6. The molecule has 0 bridgehead atoms. The van der Waals surface area contributed by atoms with Gasteiger partial charge in [0.2, 0.25) is 0 Å². The van der Waals surface area contributed by atoms with Crippen molar-refractivity contribution in [1.29, 1.82) is 0 Å². The number of hydrogen-bond donors (Lipinski definition) is 1. The first-order valence-electron chi connectivity index (χ1n) is 7.10. The fourth-order valence-corrected chi connectivity index (χ4v) is 2.37. The Hall–Kier alpha value is -1.80. The lowest BCUT2D eigenvalue weighted by Gasteiger charge is -2.14. The van der Waals surface area contributed by atoms with Gasteiger partial charge in [0.1, 0.15) is 0 Å². The number of hydrogen-bond acceptors (Lipinski definition) is 2. The third kappa shape index (κ3) is 3.61. The van der Waals surface area contributed by atoms with Gasteiger partial charge >= 0.3 is 0 Å².